The number of urea groups is 1. The number of benzene rings is 3. The zero-order valence-corrected chi connectivity index (χ0v) is 21.8. The molecule has 0 aliphatic heterocycles. The third-order valence-corrected chi connectivity index (χ3v) is 6.31. The lowest BCUT2D eigenvalue weighted by Crippen LogP contribution is -2.21. The van der Waals surface area contributed by atoms with E-state index in [-0.39, 0.29) is 0 Å². The molecule has 0 atom stereocenters. The number of primary amides is 1. The van der Waals surface area contributed by atoms with Crippen molar-refractivity contribution in [2.75, 3.05) is 18.4 Å². The van der Waals surface area contributed by atoms with Gasteiger partial charge in [0.1, 0.15) is 12.4 Å². The lowest BCUT2D eigenvalue weighted by atomic mass is 9.96. The van der Waals surface area contributed by atoms with Crippen molar-refractivity contribution < 1.29 is 9.53 Å². The molecule has 0 aliphatic carbocycles. The lowest BCUT2D eigenvalue weighted by molar-refractivity contribution is 0.259. The van der Waals surface area contributed by atoms with Gasteiger partial charge >= 0.3 is 6.03 Å². The average Bonchev–Trinajstić information content (AvgIpc) is 2.88. The number of aryl methyl sites for hydroxylation is 2. The Morgan fingerprint density at radius 2 is 1.53 bits per heavy atom. The van der Waals surface area contributed by atoms with Crippen LogP contribution in [-0.4, -0.2) is 19.1 Å². The highest BCUT2D eigenvalue weighted by Gasteiger charge is 2.09. The molecule has 0 saturated carbocycles. The molecule has 0 aliphatic rings. The first-order valence-corrected chi connectivity index (χ1v) is 13.3. The summed E-state index contributed by atoms with van der Waals surface area (Å²) < 4.78 is 5.95. The van der Waals surface area contributed by atoms with Crippen LogP contribution in [0.2, 0.25) is 0 Å². The Bertz CT molecular complexity index is 1080. The van der Waals surface area contributed by atoms with E-state index in [1.807, 2.05) is 48.5 Å². The molecule has 4 N–H and O–H groups in total. The fourth-order valence-electron chi connectivity index (χ4n) is 4.37. The van der Waals surface area contributed by atoms with E-state index in [1.165, 1.54) is 42.4 Å². The number of amides is 2. The topological polar surface area (TPSA) is 76.4 Å². The molecular weight excluding hydrogens is 446 g/mol. The van der Waals surface area contributed by atoms with Crippen LogP contribution in [0, 0.1) is 0 Å². The molecule has 0 radical (unpaired) electrons. The number of nitrogens with two attached hydrogens (primary N) is 1. The number of ether oxygens (including phenoxy) is 1. The van der Waals surface area contributed by atoms with Crippen molar-refractivity contribution in [2.24, 2.45) is 5.73 Å². The largest absolute Gasteiger partial charge is 0.487 e. The number of rotatable bonds is 15. The van der Waals surface area contributed by atoms with Gasteiger partial charge in [0.15, 0.2) is 0 Å². The summed E-state index contributed by atoms with van der Waals surface area (Å²) in [7, 11) is 0. The number of carbonyl (C=O) groups is 1. The van der Waals surface area contributed by atoms with Crippen LogP contribution in [0.5, 0.6) is 5.75 Å². The Balaban J connectivity index is 1.51. The summed E-state index contributed by atoms with van der Waals surface area (Å²) in [5.41, 5.74) is 12.6. The summed E-state index contributed by atoms with van der Waals surface area (Å²) in [6.07, 6.45) is 7.86. The highest BCUT2D eigenvalue weighted by Crippen LogP contribution is 2.27. The summed E-state index contributed by atoms with van der Waals surface area (Å²) in [5.74, 6) is 0.611. The van der Waals surface area contributed by atoms with Crippen LogP contribution in [-0.2, 0) is 32.3 Å². The van der Waals surface area contributed by atoms with Crippen LogP contribution in [0.25, 0.3) is 0 Å². The Labute approximate surface area is 216 Å². The molecule has 0 saturated heterocycles. The van der Waals surface area contributed by atoms with Crippen molar-refractivity contribution in [1.82, 2.24) is 5.32 Å². The second-order valence-corrected chi connectivity index (χ2v) is 9.30. The fraction of sp³-hybridized carbons (Fsp3) is 0.387. The summed E-state index contributed by atoms with van der Waals surface area (Å²) in [6.45, 7) is 6.72. The normalized spacial score (nSPS) is 10.8. The van der Waals surface area contributed by atoms with E-state index >= 15 is 0 Å². The van der Waals surface area contributed by atoms with Gasteiger partial charge in [0, 0.05) is 0 Å². The van der Waals surface area contributed by atoms with E-state index in [2.05, 4.69) is 42.7 Å². The Morgan fingerprint density at radius 3 is 2.28 bits per heavy atom. The van der Waals surface area contributed by atoms with E-state index < -0.39 is 6.03 Å². The van der Waals surface area contributed by atoms with Crippen molar-refractivity contribution in [2.45, 2.75) is 65.4 Å². The third-order valence-electron chi connectivity index (χ3n) is 6.31. The molecule has 36 heavy (non-hydrogen) atoms. The first-order valence-electron chi connectivity index (χ1n) is 13.3. The van der Waals surface area contributed by atoms with E-state index in [4.69, 9.17) is 10.5 Å². The maximum Gasteiger partial charge on any atom is 0.316 e. The maximum absolute atomic E-state index is 11.5. The van der Waals surface area contributed by atoms with Crippen LogP contribution in [0.1, 0.15) is 60.9 Å². The van der Waals surface area contributed by atoms with Gasteiger partial charge in [-0.15, -0.1) is 0 Å². The van der Waals surface area contributed by atoms with Gasteiger partial charge in [-0.1, -0.05) is 81.3 Å². The molecule has 192 valence electrons. The molecular formula is C31H41N3O2. The van der Waals surface area contributed by atoms with Gasteiger partial charge in [-0.2, -0.15) is 0 Å². The van der Waals surface area contributed by atoms with Gasteiger partial charge in [-0.3, -0.25) is 0 Å². The average molecular weight is 488 g/mol. The first kappa shape index (κ1) is 27.3. The molecule has 0 heterocycles. The second-order valence-electron chi connectivity index (χ2n) is 9.30. The number of hydrogen-bond donors (Lipinski definition) is 3. The SMILES string of the molecule is CCCCc1ccc(CCNCCc2ccc(OCc3ccccc3)c(NC(N)=O)c2)c(CCC)c1. The first-order chi connectivity index (χ1) is 17.6. The predicted molar refractivity (Wildman–Crippen MR) is 150 cm³/mol. The van der Waals surface area contributed by atoms with Gasteiger partial charge in [0.05, 0.1) is 5.69 Å². The van der Waals surface area contributed by atoms with Crippen molar-refractivity contribution in [3.63, 3.8) is 0 Å². The second kappa shape index (κ2) is 14.9. The fourth-order valence-corrected chi connectivity index (χ4v) is 4.37. The van der Waals surface area contributed by atoms with Crippen LogP contribution >= 0.6 is 0 Å². The van der Waals surface area contributed by atoms with Crippen LogP contribution in [0.15, 0.2) is 66.7 Å². The van der Waals surface area contributed by atoms with Gasteiger partial charge in [-0.25, -0.2) is 4.79 Å². The van der Waals surface area contributed by atoms with Crippen molar-refractivity contribution in [3.8, 4) is 5.75 Å². The van der Waals surface area contributed by atoms with E-state index in [9.17, 15) is 4.79 Å². The van der Waals surface area contributed by atoms with E-state index in [0.717, 1.165) is 43.5 Å². The van der Waals surface area contributed by atoms with Crippen LogP contribution in [0.3, 0.4) is 0 Å². The molecule has 0 spiro atoms. The summed E-state index contributed by atoms with van der Waals surface area (Å²) in [6, 6.07) is 22.3. The minimum absolute atomic E-state index is 0.425. The summed E-state index contributed by atoms with van der Waals surface area (Å²) in [4.78, 5) is 11.5. The highest BCUT2D eigenvalue weighted by atomic mass is 16.5. The minimum Gasteiger partial charge on any atom is -0.487 e. The molecule has 2 amide bonds. The van der Waals surface area contributed by atoms with Gasteiger partial charge in [0.2, 0.25) is 0 Å². The number of unbranched alkanes of at least 4 members (excludes halogenated alkanes) is 1. The highest BCUT2D eigenvalue weighted by molar-refractivity contribution is 5.89. The number of nitrogens with one attached hydrogen (secondary N) is 2. The van der Waals surface area contributed by atoms with E-state index in [0.29, 0.717) is 18.0 Å². The van der Waals surface area contributed by atoms with Gasteiger partial charge < -0.3 is 21.1 Å². The van der Waals surface area contributed by atoms with Crippen molar-refractivity contribution in [3.05, 3.63) is 94.5 Å². The zero-order valence-electron chi connectivity index (χ0n) is 21.8. The predicted octanol–water partition coefficient (Wildman–Crippen LogP) is 6.43. The molecule has 0 fully saturated rings. The lowest BCUT2D eigenvalue weighted by Gasteiger charge is -2.14. The standard InChI is InChI=1S/C31H41N3O2/c1-3-5-10-24-13-15-27(28(21-24)9-4-2)18-20-33-19-17-25-14-16-30(29(22-25)34-31(32)35)36-23-26-11-7-6-8-12-26/h6-8,11-16,21-22,33H,3-5,9-10,17-20,23H2,1-2H3,(H3,32,34,35). The minimum atomic E-state index is -0.599. The molecule has 5 heteroatoms. The van der Waals surface area contributed by atoms with E-state index in [1.54, 1.807) is 0 Å². The van der Waals surface area contributed by atoms with Crippen molar-refractivity contribution >= 4 is 11.7 Å². The monoisotopic (exact) mass is 487 g/mol. The summed E-state index contributed by atoms with van der Waals surface area (Å²) >= 11 is 0. The maximum atomic E-state index is 11.5. The van der Waals surface area contributed by atoms with Crippen molar-refractivity contribution in [1.29, 1.82) is 0 Å². The number of hydrogen-bond acceptors (Lipinski definition) is 3. The molecule has 3 rings (SSSR count). The molecule has 3 aromatic rings. The van der Waals surface area contributed by atoms with Gasteiger partial charge in [0.25, 0.3) is 0 Å². The Hall–Kier alpha value is -3.31. The molecule has 0 unspecified atom stereocenters. The quantitative estimate of drug-likeness (QED) is 0.216. The molecule has 3 aromatic carbocycles. The Kier molecular flexibility index (Phi) is 11.3. The number of carbonyl (C=O) groups excluding carboxylic acids is 1. The molecule has 0 bridgehead atoms. The van der Waals surface area contributed by atoms with Crippen LogP contribution < -0.4 is 21.1 Å². The summed E-state index contributed by atoms with van der Waals surface area (Å²) in [5, 5.41) is 6.28. The van der Waals surface area contributed by atoms with Gasteiger partial charge in [-0.05, 0) is 85.1 Å². The molecule has 0 aromatic heterocycles. The molecule has 5 nitrogen and oxygen atoms in total. The third kappa shape index (κ3) is 9.04. The Morgan fingerprint density at radius 1 is 0.778 bits per heavy atom. The zero-order chi connectivity index (χ0) is 25.6. The number of anilines is 1. The van der Waals surface area contributed by atoms with Crippen LogP contribution in [0.4, 0.5) is 10.5 Å². The smallest absolute Gasteiger partial charge is 0.316 e.